The van der Waals surface area contributed by atoms with Crippen molar-refractivity contribution in [1.82, 2.24) is 0 Å². The van der Waals surface area contributed by atoms with E-state index in [1.54, 1.807) is 24.4 Å². The second-order valence-electron chi connectivity index (χ2n) is 4.24. The third kappa shape index (κ3) is 3.03. The number of amides is 1. The highest BCUT2D eigenvalue weighted by Crippen LogP contribution is 2.34. The lowest BCUT2D eigenvalue weighted by atomic mass is 10.1. The van der Waals surface area contributed by atoms with E-state index in [2.05, 4.69) is 5.32 Å². The zero-order chi connectivity index (χ0) is 15.6. The summed E-state index contributed by atoms with van der Waals surface area (Å²) < 4.78 is 4.73. The molecule has 0 aromatic carbocycles. The van der Waals surface area contributed by atoms with Gasteiger partial charge in [0.2, 0.25) is 0 Å². The van der Waals surface area contributed by atoms with Crippen LogP contribution in [0.5, 0.6) is 0 Å². The Kier molecular flexibility index (Phi) is 4.54. The van der Waals surface area contributed by atoms with E-state index in [4.69, 9.17) is 4.74 Å². The fourth-order valence-corrected chi connectivity index (χ4v) is 3.56. The van der Waals surface area contributed by atoms with E-state index in [-0.39, 0.29) is 17.3 Å². The average molecular weight is 323 g/mol. The smallest absolute Gasteiger partial charge is 0.341 e. The normalized spacial score (nSPS) is 10.2. The first kappa shape index (κ1) is 15.4. The van der Waals surface area contributed by atoms with E-state index >= 15 is 0 Å². The molecule has 2 aromatic heterocycles. The number of hydrogen-bond acceptors (Lipinski definition) is 6. The van der Waals surface area contributed by atoms with Crippen LogP contribution >= 0.6 is 22.7 Å². The van der Waals surface area contributed by atoms with Crippen LogP contribution in [0.25, 0.3) is 0 Å². The van der Waals surface area contributed by atoms with E-state index < -0.39 is 5.97 Å². The SMILES string of the molecule is COC(=O)c1c(NC(=O)c2cccs2)sc(C(C)=O)c1C. The van der Waals surface area contributed by atoms with Crippen LogP contribution in [0.2, 0.25) is 0 Å². The first-order valence-electron chi connectivity index (χ1n) is 6.03. The van der Waals surface area contributed by atoms with Crippen molar-refractivity contribution in [2.24, 2.45) is 0 Å². The molecule has 7 heteroatoms. The highest BCUT2D eigenvalue weighted by atomic mass is 32.1. The molecule has 0 aliphatic heterocycles. The molecule has 0 aliphatic rings. The summed E-state index contributed by atoms with van der Waals surface area (Å²) >= 11 is 2.38. The molecule has 5 nitrogen and oxygen atoms in total. The van der Waals surface area contributed by atoms with Gasteiger partial charge in [-0.25, -0.2) is 4.79 Å². The van der Waals surface area contributed by atoms with Gasteiger partial charge in [-0.15, -0.1) is 22.7 Å². The minimum absolute atomic E-state index is 0.153. The fraction of sp³-hybridized carbons (Fsp3) is 0.214. The van der Waals surface area contributed by atoms with Gasteiger partial charge in [0.05, 0.1) is 22.4 Å². The van der Waals surface area contributed by atoms with Gasteiger partial charge in [0, 0.05) is 0 Å². The van der Waals surface area contributed by atoms with Crippen molar-refractivity contribution in [2.45, 2.75) is 13.8 Å². The molecule has 21 heavy (non-hydrogen) atoms. The molecule has 0 saturated heterocycles. The highest BCUT2D eigenvalue weighted by Gasteiger charge is 2.25. The second-order valence-corrected chi connectivity index (χ2v) is 6.21. The van der Waals surface area contributed by atoms with Gasteiger partial charge in [-0.05, 0) is 30.9 Å². The molecule has 2 rings (SSSR count). The minimum atomic E-state index is -0.572. The van der Waals surface area contributed by atoms with E-state index in [0.29, 0.717) is 20.3 Å². The van der Waals surface area contributed by atoms with Crippen molar-refractivity contribution in [3.63, 3.8) is 0 Å². The van der Waals surface area contributed by atoms with Crippen LogP contribution in [0, 0.1) is 6.92 Å². The molecule has 0 fully saturated rings. The number of rotatable bonds is 4. The lowest BCUT2D eigenvalue weighted by Gasteiger charge is -2.04. The third-order valence-electron chi connectivity index (χ3n) is 2.83. The molecular weight excluding hydrogens is 310 g/mol. The van der Waals surface area contributed by atoms with Gasteiger partial charge in [0.15, 0.2) is 5.78 Å². The zero-order valence-corrected chi connectivity index (χ0v) is 13.3. The van der Waals surface area contributed by atoms with E-state index in [9.17, 15) is 14.4 Å². The van der Waals surface area contributed by atoms with E-state index in [1.807, 2.05) is 0 Å². The number of hydrogen-bond donors (Lipinski definition) is 1. The van der Waals surface area contributed by atoms with Gasteiger partial charge in [0.1, 0.15) is 5.00 Å². The molecular formula is C14H13NO4S2. The molecule has 110 valence electrons. The van der Waals surface area contributed by atoms with Gasteiger partial charge in [-0.1, -0.05) is 6.07 Å². The summed E-state index contributed by atoms with van der Waals surface area (Å²) in [5.74, 6) is -1.04. The highest BCUT2D eigenvalue weighted by molar-refractivity contribution is 7.19. The summed E-state index contributed by atoms with van der Waals surface area (Å²) in [6.07, 6.45) is 0. The Bertz CT molecular complexity index is 701. The standard InChI is InChI=1S/C14H13NO4S2/c1-7-10(14(18)19-3)13(21-11(7)8(2)16)15-12(17)9-5-4-6-20-9/h4-6H,1-3H3,(H,15,17). The first-order chi connectivity index (χ1) is 9.95. The first-order valence-corrected chi connectivity index (χ1v) is 7.72. The second kappa shape index (κ2) is 6.19. The molecule has 1 N–H and O–H groups in total. The predicted octanol–water partition coefficient (Wildman–Crippen LogP) is 3.36. The molecule has 0 saturated carbocycles. The molecule has 0 atom stereocenters. The summed E-state index contributed by atoms with van der Waals surface area (Å²) in [5, 5.41) is 4.81. The Hall–Kier alpha value is -1.99. The van der Waals surface area contributed by atoms with Crippen molar-refractivity contribution in [1.29, 1.82) is 0 Å². The number of anilines is 1. The quantitative estimate of drug-likeness (QED) is 0.692. The molecule has 0 aliphatic carbocycles. The lowest BCUT2D eigenvalue weighted by molar-refractivity contribution is 0.0601. The number of thiophene rings is 2. The summed E-state index contributed by atoms with van der Waals surface area (Å²) in [6, 6.07) is 3.45. The Balaban J connectivity index is 2.42. The predicted molar refractivity (Wildman–Crippen MR) is 82.7 cm³/mol. The number of carbonyl (C=O) groups excluding carboxylic acids is 3. The van der Waals surface area contributed by atoms with Crippen molar-refractivity contribution in [3.8, 4) is 0 Å². The summed E-state index contributed by atoms with van der Waals surface area (Å²) in [4.78, 5) is 36.6. The third-order valence-corrected chi connectivity index (χ3v) is 5.00. The summed E-state index contributed by atoms with van der Waals surface area (Å²) in [7, 11) is 1.26. The van der Waals surface area contributed by atoms with Crippen molar-refractivity contribution < 1.29 is 19.1 Å². The van der Waals surface area contributed by atoms with Crippen LogP contribution in [0.3, 0.4) is 0 Å². The molecule has 0 unspecified atom stereocenters. The van der Waals surface area contributed by atoms with Crippen LogP contribution < -0.4 is 5.32 Å². The Morgan fingerprint density at radius 2 is 2.00 bits per heavy atom. The van der Waals surface area contributed by atoms with Gasteiger partial charge in [-0.3, -0.25) is 9.59 Å². The Labute approximate surface area is 129 Å². The fourth-order valence-electron chi connectivity index (χ4n) is 1.86. The maximum Gasteiger partial charge on any atom is 0.341 e. The molecule has 1 amide bonds. The van der Waals surface area contributed by atoms with Gasteiger partial charge in [-0.2, -0.15) is 0 Å². The van der Waals surface area contributed by atoms with Crippen LogP contribution in [0.4, 0.5) is 5.00 Å². The van der Waals surface area contributed by atoms with E-state index in [0.717, 1.165) is 11.3 Å². The maximum atomic E-state index is 12.1. The Morgan fingerprint density at radius 1 is 1.29 bits per heavy atom. The number of carbonyl (C=O) groups is 3. The van der Waals surface area contributed by atoms with Crippen LogP contribution in [-0.4, -0.2) is 24.8 Å². The Morgan fingerprint density at radius 3 is 2.52 bits per heavy atom. The van der Waals surface area contributed by atoms with E-state index in [1.165, 1.54) is 25.4 Å². The largest absolute Gasteiger partial charge is 0.465 e. The topological polar surface area (TPSA) is 72.5 Å². The number of esters is 1. The number of methoxy groups -OCH3 is 1. The number of ether oxygens (including phenoxy) is 1. The minimum Gasteiger partial charge on any atom is -0.465 e. The number of nitrogens with one attached hydrogen (secondary N) is 1. The lowest BCUT2D eigenvalue weighted by Crippen LogP contribution is -2.13. The van der Waals surface area contributed by atoms with Crippen molar-refractivity contribution in [2.75, 3.05) is 12.4 Å². The zero-order valence-electron chi connectivity index (χ0n) is 11.7. The van der Waals surface area contributed by atoms with Crippen LogP contribution in [0.1, 0.15) is 42.2 Å². The average Bonchev–Trinajstić information content (AvgIpc) is 3.06. The molecule has 2 heterocycles. The summed E-state index contributed by atoms with van der Waals surface area (Å²) in [5.41, 5.74) is 0.762. The molecule has 2 aromatic rings. The summed E-state index contributed by atoms with van der Waals surface area (Å²) in [6.45, 7) is 3.09. The monoisotopic (exact) mass is 323 g/mol. The maximum absolute atomic E-state index is 12.1. The van der Waals surface area contributed by atoms with Crippen molar-refractivity contribution >= 4 is 45.3 Å². The number of Topliss-reactive ketones (excluding diaryl/α,β-unsaturated/α-hetero) is 1. The van der Waals surface area contributed by atoms with Crippen LogP contribution in [0.15, 0.2) is 17.5 Å². The van der Waals surface area contributed by atoms with Gasteiger partial charge >= 0.3 is 5.97 Å². The molecule has 0 radical (unpaired) electrons. The van der Waals surface area contributed by atoms with Crippen molar-refractivity contribution in [3.05, 3.63) is 38.4 Å². The molecule has 0 spiro atoms. The van der Waals surface area contributed by atoms with Gasteiger partial charge < -0.3 is 10.1 Å². The molecule has 0 bridgehead atoms. The van der Waals surface area contributed by atoms with Gasteiger partial charge in [0.25, 0.3) is 5.91 Å². The number of ketones is 1. The van der Waals surface area contributed by atoms with Crippen LogP contribution in [-0.2, 0) is 4.74 Å².